The van der Waals surface area contributed by atoms with E-state index in [1.807, 2.05) is 12.1 Å². The molecule has 1 amide bonds. The molecule has 3 rings (SSSR count). The molecule has 2 aliphatic rings. The van der Waals surface area contributed by atoms with Crippen molar-refractivity contribution >= 4 is 23.5 Å². The summed E-state index contributed by atoms with van der Waals surface area (Å²) < 4.78 is 0. The first-order valence-electron chi connectivity index (χ1n) is 9.86. The van der Waals surface area contributed by atoms with Gasteiger partial charge in [-0.05, 0) is 43.5 Å². The lowest BCUT2D eigenvalue weighted by Gasteiger charge is -2.36. The van der Waals surface area contributed by atoms with E-state index in [2.05, 4.69) is 38.0 Å². The monoisotopic (exact) mass is 391 g/mol. The number of carbonyl (C=O) groups is 1. The minimum Gasteiger partial charge on any atom is -0.355 e. The zero-order valence-electron chi connectivity index (χ0n) is 16.0. The Hall–Kier alpha value is -1.79. The largest absolute Gasteiger partial charge is 0.355 e. The number of guanidine groups is 1. The van der Waals surface area contributed by atoms with Crippen LogP contribution in [0, 0.1) is 0 Å². The molecule has 6 nitrogen and oxygen atoms in total. The van der Waals surface area contributed by atoms with Crippen molar-refractivity contribution in [3.63, 3.8) is 0 Å². The second-order valence-corrected chi connectivity index (χ2v) is 7.82. The van der Waals surface area contributed by atoms with Gasteiger partial charge in [-0.1, -0.05) is 30.2 Å². The molecule has 148 valence electrons. The highest BCUT2D eigenvalue weighted by Crippen LogP contribution is 2.20. The SMILES string of the molecule is CN=C(NCC1CCCCN1Cc1cccc(Cl)c1)NC1CCC(=O)NC1. The fourth-order valence-corrected chi connectivity index (χ4v) is 4.04. The van der Waals surface area contributed by atoms with Crippen molar-refractivity contribution in [3.05, 3.63) is 34.9 Å². The number of carbonyl (C=O) groups excluding carboxylic acids is 1. The summed E-state index contributed by atoms with van der Waals surface area (Å²) >= 11 is 6.14. The molecular weight excluding hydrogens is 362 g/mol. The summed E-state index contributed by atoms with van der Waals surface area (Å²) in [6.07, 6.45) is 5.11. The first-order valence-corrected chi connectivity index (χ1v) is 10.2. The molecule has 7 heteroatoms. The van der Waals surface area contributed by atoms with E-state index in [1.54, 1.807) is 7.05 Å². The first kappa shape index (κ1) is 20.0. The minimum absolute atomic E-state index is 0.134. The Morgan fingerprint density at radius 2 is 2.26 bits per heavy atom. The molecule has 1 aromatic carbocycles. The Bertz CT molecular complexity index is 656. The van der Waals surface area contributed by atoms with Gasteiger partial charge in [0, 0.05) is 50.2 Å². The predicted octanol–water partition coefficient (Wildman–Crippen LogP) is 2.14. The number of hydrogen-bond donors (Lipinski definition) is 3. The van der Waals surface area contributed by atoms with Gasteiger partial charge < -0.3 is 16.0 Å². The van der Waals surface area contributed by atoms with Gasteiger partial charge >= 0.3 is 0 Å². The van der Waals surface area contributed by atoms with E-state index in [1.165, 1.54) is 24.8 Å². The highest BCUT2D eigenvalue weighted by atomic mass is 35.5. The highest BCUT2D eigenvalue weighted by Gasteiger charge is 2.23. The molecule has 2 atom stereocenters. The average Bonchev–Trinajstić information content (AvgIpc) is 2.68. The number of hydrogen-bond acceptors (Lipinski definition) is 3. The van der Waals surface area contributed by atoms with E-state index in [0.29, 0.717) is 19.0 Å². The second kappa shape index (κ2) is 9.95. The van der Waals surface area contributed by atoms with Crippen LogP contribution in [0.15, 0.2) is 29.3 Å². The number of halogens is 1. The summed E-state index contributed by atoms with van der Waals surface area (Å²) in [5.74, 6) is 0.944. The van der Waals surface area contributed by atoms with E-state index in [0.717, 1.165) is 37.0 Å². The molecule has 2 heterocycles. The van der Waals surface area contributed by atoms with Crippen LogP contribution >= 0.6 is 11.6 Å². The summed E-state index contributed by atoms with van der Waals surface area (Å²) in [4.78, 5) is 18.2. The van der Waals surface area contributed by atoms with Crippen molar-refractivity contribution in [2.45, 2.75) is 50.7 Å². The molecule has 2 aliphatic heterocycles. The lowest BCUT2D eigenvalue weighted by atomic mass is 10.0. The molecule has 0 aromatic heterocycles. The Labute approximate surface area is 166 Å². The maximum Gasteiger partial charge on any atom is 0.220 e. The molecule has 0 bridgehead atoms. The number of amides is 1. The summed E-state index contributed by atoms with van der Waals surface area (Å²) in [5.41, 5.74) is 1.26. The average molecular weight is 392 g/mol. The van der Waals surface area contributed by atoms with Crippen molar-refractivity contribution in [2.24, 2.45) is 4.99 Å². The molecule has 27 heavy (non-hydrogen) atoms. The summed E-state index contributed by atoms with van der Waals surface area (Å²) in [7, 11) is 1.79. The number of benzene rings is 1. The van der Waals surface area contributed by atoms with Crippen LogP contribution in [0.4, 0.5) is 0 Å². The lowest BCUT2D eigenvalue weighted by Crippen LogP contribution is -2.53. The molecule has 2 saturated heterocycles. The van der Waals surface area contributed by atoms with Crippen LogP contribution in [0.2, 0.25) is 5.02 Å². The van der Waals surface area contributed by atoms with Crippen molar-refractivity contribution < 1.29 is 4.79 Å². The molecule has 3 N–H and O–H groups in total. The fourth-order valence-electron chi connectivity index (χ4n) is 3.83. The third-order valence-electron chi connectivity index (χ3n) is 5.36. The molecule has 2 unspecified atom stereocenters. The van der Waals surface area contributed by atoms with Crippen LogP contribution in [0.5, 0.6) is 0 Å². The molecule has 1 aromatic rings. The summed E-state index contributed by atoms with van der Waals surface area (Å²) in [6.45, 7) is 3.55. The van der Waals surface area contributed by atoms with Gasteiger partial charge in [-0.3, -0.25) is 14.7 Å². The summed E-state index contributed by atoms with van der Waals surface area (Å²) in [6, 6.07) is 8.85. The topological polar surface area (TPSA) is 68.8 Å². The maximum absolute atomic E-state index is 11.3. The van der Waals surface area contributed by atoms with Crippen LogP contribution in [-0.2, 0) is 11.3 Å². The first-order chi connectivity index (χ1) is 13.1. The third kappa shape index (κ3) is 6.11. The van der Waals surface area contributed by atoms with Gasteiger partial charge in [-0.25, -0.2) is 0 Å². The smallest absolute Gasteiger partial charge is 0.220 e. The number of aliphatic imine (C=N–C) groups is 1. The normalized spacial score (nSPS) is 24.4. The van der Waals surface area contributed by atoms with Crippen LogP contribution in [-0.4, -0.2) is 55.5 Å². The third-order valence-corrected chi connectivity index (χ3v) is 5.59. The van der Waals surface area contributed by atoms with Gasteiger partial charge in [0.1, 0.15) is 0 Å². The van der Waals surface area contributed by atoms with E-state index >= 15 is 0 Å². The van der Waals surface area contributed by atoms with Gasteiger partial charge in [0.05, 0.1) is 0 Å². The molecule has 0 radical (unpaired) electrons. The Kier molecular flexibility index (Phi) is 7.35. The number of nitrogens with zero attached hydrogens (tertiary/aromatic N) is 2. The Balaban J connectivity index is 1.51. The van der Waals surface area contributed by atoms with Crippen LogP contribution in [0.1, 0.15) is 37.7 Å². The molecule has 0 spiro atoms. The standard InChI is InChI=1S/C20H30ClN5O/c1-22-20(25-17-8-9-19(27)23-12-17)24-13-18-7-2-3-10-26(18)14-15-5-4-6-16(21)11-15/h4-6,11,17-18H,2-3,7-10,12-14H2,1H3,(H,23,27)(H2,22,24,25). The van der Waals surface area contributed by atoms with Gasteiger partial charge in [-0.2, -0.15) is 0 Å². The summed E-state index contributed by atoms with van der Waals surface area (Å²) in [5, 5.41) is 10.6. The van der Waals surface area contributed by atoms with Crippen molar-refractivity contribution in [3.8, 4) is 0 Å². The zero-order valence-corrected chi connectivity index (χ0v) is 16.8. The molecule has 2 fully saturated rings. The van der Waals surface area contributed by atoms with E-state index in [9.17, 15) is 4.79 Å². The number of likely N-dealkylation sites (tertiary alicyclic amines) is 1. The van der Waals surface area contributed by atoms with E-state index in [-0.39, 0.29) is 11.9 Å². The Morgan fingerprint density at radius 1 is 1.37 bits per heavy atom. The molecular formula is C20H30ClN5O. The number of nitrogens with one attached hydrogen (secondary N) is 3. The van der Waals surface area contributed by atoms with Crippen LogP contribution in [0.25, 0.3) is 0 Å². The quantitative estimate of drug-likeness (QED) is 0.531. The van der Waals surface area contributed by atoms with Crippen molar-refractivity contribution in [2.75, 3.05) is 26.7 Å². The minimum atomic E-state index is 0.134. The van der Waals surface area contributed by atoms with Gasteiger partial charge in [-0.15, -0.1) is 0 Å². The van der Waals surface area contributed by atoms with Crippen molar-refractivity contribution in [1.29, 1.82) is 0 Å². The maximum atomic E-state index is 11.3. The zero-order chi connectivity index (χ0) is 19.1. The Morgan fingerprint density at radius 3 is 3.00 bits per heavy atom. The molecule has 0 aliphatic carbocycles. The van der Waals surface area contributed by atoms with Crippen molar-refractivity contribution in [1.82, 2.24) is 20.9 Å². The van der Waals surface area contributed by atoms with Crippen LogP contribution < -0.4 is 16.0 Å². The van der Waals surface area contributed by atoms with Gasteiger partial charge in [0.25, 0.3) is 0 Å². The van der Waals surface area contributed by atoms with Crippen LogP contribution in [0.3, 0.4) is 0 Å². The predicted molar refractivity (Wildman–Crippen MR) is 110 cm³/mol. The molecule has 0 saturated carbocycles. The second-order valence-electron chi connectivity index (χ2n) is 7.39. The number of piperidine rings is 2. The fraction of sp³-hybridized carbons (Fsp3) is 0.600. The van der Waals surface area contributed by atoms with Gasteiger partial charge in [0.15, 0.2) is 5.96 Å². The van der Waals surface area contributed by atoms with E-state index in [4.69, 9.17) is 11.6 Å². The lowest BCUT2D eigenvalue weighted by molar-refractivity contribution is -0.122. The highest BCUT2D eigenvalue weighted by molar-refractivity contribution is 6.30. The van der Waals surface area contributed by atoms with E-state index < -0.39 is 0 Å². The van der Waals surface area contributed by atoms with Gasteiger partial charge in [0.2, 0.25) is 5.91 Å². The number of rotatable bonds is 5.